The van der Waals surface area contributed by atoms with Crippen LogP contribution in [0.2, 0.25) is 0 Å². The minimum absolute atomic E-state index is 0.150. The molecule has 124 valence electrons. The Morgan fingerprint density at radius 2 is 1.67 bits per heavy atom. The normalized spacial score (nSPS) is 16.3. The Labute approximate surface area is 143 Å². The molecule has 0 atom stereocenters. The van der Waals surface area contributed by atoms with Gasteiger partial charge in [0.05, 0.1) is 7.11 Å². The lowest BCUT2D eigenvalue weighted by Gasteiger charge is -2.29. The van der Waals surface area contributed by atoms with E-state index < -0.39 is 0 Å². The van der Waals surface area contributed by atoms with E-state index >= 15 is 0 Å². The highest BCUT2D eigenvalue weighted by Crippen LogP contribution is 2.26. The van der Waals surface area contributed by atoms with Crippen molar-refractivity contribution in [2.45, 2.75) is 38.6 Å². The van der Waals surface area contributed by atoms with Crippen molar-refractivity contribution in [3.8, 4) is 5.75 Å². The molecular formula is C21H23NO2. The van der Waals surface area contributed by atoms with Crippen molar-refractivity contribution in [3.63, 3.8) is 0 Å². The minimum atomic E-state index is 0.150. The van der Waals surface area contributed by atoms with Crippen LogP contribution in [0.4, 0.5) is 0 Å². The number of carbonyl (C=O) groups excluding carboxylic acids is 1. The van der Waals surface area contributed by atoms with Gasteiger partial charge in [-0.1, -0.05) is 12.1 Å². The molecule has 0 unspecified atom stereocenters. The van der Waals surface area contributed by atoms with E-state index in [2.05, 4.69) is 24.3 Å². The lowest BCUT2D eigenvalue weighted by molar-refractivity contribution is 0.0734. The van der Waals surface area contributed by atoms with Crippen LogP contribution >= 0.6 is 0 Å². The van der Waals surface area contributed by atoms with Crippen LogP contribution in [0.1, 0.15) is 45.5 Å². The Hall–Kier alpha value is -2.29. The summed E-state index contributed by atoms with van der Waals surface area (Å²) in [6.07, 6.45) is 5.68. The molecule has 1 aliphatic heterocycles. The van der Waals surface area contributed by atoms with Gasteiger partial charge in [-0.3, -0.25) is 4.79 Å². The molecule has 0 saturated heterocycles. The van der Waals surface area contributed by atoms with Gasteiger partial charge in [0.25, 0.3) is 5.91 Å². The highest BCUT2D eigenvalue weighted by atomic mass is 16.5. The molecule has 0 N–H and O–H groups in total. The second kappa shape index (κ2) is 6.31. The van der Waals surface area contributed by atoms with E-state index in [1.54, 1.807) is 7.11 Å². The highest BCUT2D eigenvalue weighted by molar-refractivity contribution is 5.94. The van der Waals surface area contributed by atoms with Crippen LogP contribution in [0.3, 0.4) is 0 Å². The fourth-order valence-corrected chi connectivity index (χ4v) is 3.88. The van der Waals surface area contributed by atoms with Crippen molar-refractivity contribution in [1.29, 1.82) is 0 Å². The number of fused-ring (bicyclic) bond motifs is 2. The molecule has 24 heavy (non-hydrogen) atoms. The van der Waals surface area contributed by atoms with E-state index in [-0.39, 0.29) is 5.91 Å². The monoisotopic (exact) mass is 321 g/mol. The summed E-state index contributed by atoms with van der Waals surface area (Å²) in [6.45, 7) is 1.46. The Kier molecular flexibility index (Phi) is 4.01. The molecule has 0 bridgehead atoms. The Morgan fingerprint density at radius 3 is 2.50 bits per heavy atom. The van der Waals surface area contributed by atoms with Crippen molar-refractivity contribution in [2.75, 3.05) is 13.7 Å². The zero-order chi connectivity index (χ0) is 16.5. The summed E-state index contributed by atoms with van der Waals surface area (Å²) < 4.78 is 5.32. The Bertz CT molecular complexity index is 781. The van der Waals surface area contributed by atoms with Crippen molar-refractivity contribution in [2.24, 2.45) is 0 Å². The van der Waals surface area contributed by atoms with Gasteiger partial charge >= 0.3 is 0 Å². The quantitative estimate of drug-likeness (QED) is 0.842. The Morgan fingerprint density at radius 1 is 0.917 bits per heavy atom. The third-order valence-electron chi connectivity index (χ3n) is 5.31. The van der Waals surface area contributed by atoms with Gasteiger partial charge in [-0.15, -0.1) is 0 Å². The van der Waals surface area contributed by atoms with Gasteiger partial charge in [-0.25, -0.2) is 0 Å². The molecule has 4 rings (SSSR count). The molecule has 1 heterocycles. The molecule has 0 saturated carbocycles. The van der Waals surface area contributed by atoms with E-state index in [1.165, 1.54) is 35.1 Å². The summed E-state index contributed by atoms with van der Waals surface area (Å²) in [6, 6.07) is 12.5. The molecule has 0 aromatic heterocycles. The summed E-state index contributed by atoms with van der Waals surface area (Å²) >= 11 is 0. The fourth-order valence-electron chi connectivity index (χ4n) is 3.88. The lowest BCUT2D eigenvalue weighted by Crippen LogP contribution is -2.36. The maximum absolute atomic E-state index is 12.9. The van der Waals surface area contributed by atoms with Gasteiger partial charge in [0.1, 0.15) is 5.75 Å². The van der Waals surface area contributed by atoms with Crippen LogP contribution in [0, 0.1) is 0 Å². The number of benzene rings is 2. The lowest BCUT2D eigenvalue weighted by atomic mass is 9.90. The van der Waals surface area contributed by atoms with Gasteiger partial charge in [-0.2, -0.15) is 0 Å². The number of carbonyl (C=O) groups is 1. The van der Waals surface area contributed by atoms with Crippen LogP contribution in [0.15, 0.2) is 36.4 Å². The number of ether oxygens (including phenoxy) is 1. The zero-order valence-corrected chi connectivity index (χ0v) is 14.2. The molecule has 0 spiro atoms. The first-order valence-corrected chi connectivity index (χ1v) is 8.81. The van der Waals surface area contributed by atoms with Gasteiger partial charge in [-0.05, 0) is 78.6 Å². The van der Waals surface area contributed by atoms with E-state index in [0.29, 0.717) is 6.54 Å². The second-order valence-electron chi connectivity index (χ2n) is 6.80. The first-order valence-electron chi connectivity index (χ1n) is 8.81. The predicted octanol–water partition coefficient (Wildman–Crippen LogP) is 3.77. The molecule has 0 radical (unpaired) electrons. The summed E-state index contributed by atoms with van der Waals surface area (Å²) in [7, 11) is 1.68. The number of hydrogen-bond acceptors (Lipinski definition) is 2. The SMILES string of the molecule is COc1ccc2c(c1)CN(C(=O)c1ccc3c(c1)CCCC3)CC2. The molecule has 2 aromatic rings. The zero-order valence-electron chi connectivity index (χ0n) is 14.2. The molecule has 2 aliphatic rings. The average molecular weight is 321 g/mol. The molecule has 1 amide bonds. The van der Waals surface area contributed by atoms with Crippen LogP contribution in [0.25, 0.3) is 0 Å². The average Bonchev–Trinajstić information content (AvgIpc) is 2.66. The molecule has 2 aromatic carbocycles. The smallest absolute Gasteiger partial charge is 0.254 e. The van der Waals surface area contributed by atoms with Crippen LogP contribution in [-0.2, 0) is 25.8 Å². The van der Waals surface area contributed by atoms with Crippen LogP contribution < -0.4 is 4.74 Å². The van der Waals surface area contributed by atoms with Crippen LogP contribution in [0.5, 0.6) is 5.75 Å². The molecule has 1 aliphatic carbocycles. The maximum atomic E-state index is 12.9. The van der Waals surface area contributed by atoms with E-state index in [4.69, 9.17) is 4.74 Å². The summed E-state index contributed by atoms with van der Waals surface area (Å²) in [5.74, 6) is 1.01. The largest absolute Gasteiger partial charge is 0.497 e. The van der Waals surface area contributed by atoms with Crippen LogP contribution in [-0.4, -0.2) is 24.5 Å². The second-order valence-corrected chi connectivity index (χ2v) is 6.80. The van der Waals surface area contributed by atoms with Gasteiger partial charge in [0.15, 0.2) is 0 Å². The van der Waals surface area contributed by atoms with E-state index in [0.717, 1.165) is 37.1 Å². The number of methoxy groups -OCH3 is 1. The summed E-state index contributed by atoms with van der Waals surface area (Å²) in [5, 5.41) is 0. The highest BCUT2D eigenvalue weighted by Gasteiger charge is 2.23. The summed E-state index contributed by atoms with van der Waals surface area (Å²) in [5.41, 5.74) is 6.15. The van der Waals surface area contributed by atoms with E-state index in [1.807, 2.05) is 17.0 Å². The van der Waals surface area contributed by atoms with Gasteiger partial charge < -0.3 is 9.64 Å². The number of rotatable bonds is 2. The third kappa shape index (κ3) is 2.79. The van der Waals surface area contributed by atoms with Crippen molar-refractivity contribution in [3.05, 3.63) is 64.2 Å². The molecule has 3 heteroatoms. The topological polar surface area (TPSA) is 29.5 Å². The first kappa shape index (κ1) is 15.3. The predicted molar refractivity (Wildman–Crippen MR) is 94.5 cm³/mol. The van der Waals surface area contributed by atoms with Crippen molar-refractivity contribution >= 4 is 5.91 Å². The molecular weight excluding hydrogens is 298 g/mol. The number of aryl methyl sites for hydroxylation is 2. The molecule has 3 nitrogen and oxygen atoms in total. The standard InChI is InChI=1S/C21H23NO2/c1-24-20-9-8-16-10-11-22(14-19(16)13-20)21(23)18-7-6-15-4-2-3-5-17(15)12-18/h6-9,12-13H,2-5,10-11,14H2,1H3. The van der Waals surface area contributed by atoms with E-state index in [9.17, 15) is 4.79 Å². The molecule has 0 fully saturated rings. The van der Waals surface area contributed by atoms with Gasteiger partial charge in [0, 0.05) is 18.7 Å². The van der Waals surface area contributed by atoms with Crippen molar-refractivity contribution < 1.29 is 9.53 Å². The third-order valence-corrected chi connectivity index (χ3v) is 5.31. The maximum Gasteiger partial charge on any atom is 0.254 e. The van der Waals surface area contributed by atoms with Gasteiger partial charge in [0.2, 0.25) is 0 Å². The summed E-state index contributed by atoms with van der Waals surface area (Å²) in [4.78, 5) is 14.9. The fraction of sp³-hybridized carbons (Fsp3) is 0.381. The van der Waals surface area contributed by atoms with Crippen molar-refractivity contribution in [1.82, 2.24) is 4.90 Å². The number of hydrogen-bond donors (Lipinski definition) is 0. The Balaban J connectivity index is 1.57. The first-order chi connectivity index (χ1) is 11.7. The minimum Gasteiger partial charge on any atom is -0.497 e. The number of nitrogens with zero attached hydrogens (tertiary/aromatic N) is 1. The number of amides is 1.